The van der Waals surface area contributed by atoms with E-state index in [1.807, 2.05) is 12.1 Å². The highest BCUT2D eigenvalue weighted by atomic mass is 16.5. The monoisotopic (exact) mass is 407 g/mol. The molecule has 30 heavy (non-hydrogen) atoms. The number of hydrogen-bond donors (Lipinski definition) is 1. The third-order valence-corrected chi connectivity index (χ3v) is 4.88. The van der Waals surface area contributed by atoms with Crippen molar-refractivity contribution in [2.45, 2.75) is 12.5 Å². The van der Waals surface area contributed by atoms with E-state index in [0.29, 0.717) is 43.1 Å². The Bertz CT molecular complexity index is 951. The fraction of sp³-hybridized carbons (Fsp3) is 0.250. The first kappa shape index (κ1) is 21.3. The van der Waals surface area contributed by atoms with Crippen LogP contribution >= 0.6 is 0 Å². The lowest BCUT2D eigenvalue weighted by atomic mass is 9.95. The maximum Gasteiger partial charge on any atom is 0.295 e. The average molecular weight is 407 g/mol. The summed E-state index contributed by atoms with van der Waals surface area (Å²) >= 11 is 0. The summed E-state index contributed by atoms with van der Waals surface area (Å²) in [6.07, 6.45) is 2.21. The summed E-state index contributed by atoms with van der Waals surface area (Å²) in [4.78, 5) is 27.2. The van der Waals surface area contributed by atoms with E-state index in [4.69, 9.17) is 9.47 Å². The third-order valence-electron chi connectivity index (χ3n) is 4.88. The van der Waals surface area contributed by atoms with E-state index in [1.54, 1.807) is 55.7 Å². The first-order valence-corrected chi connectivity index (χ1v) is 9.75. The number of ether oxygens (including phenoxy) is 2. The predicted octanol–water partition coefficient (Wildman–Crippen LogP) is 3.71. The Kier molecular flexibility index (Phi) is 7.03. The van der Waals surface area contributed by atoms with Gasteiger partial charge in [0.15, 0.2) is 0 Å². The van der Waals surface area contributed by atoms with E-state index >= 15 is 0 Å². The SMILES string of the molecule is C=CCOc1cccc(C2C(=C(O)c3ccccc3)C(=O)C(=O)N2CCCOC)c1. The molecule has 0 saturated carbocycles. The van der Waals surface area contributed by atoms with Gasteiger partial charge < -0.3 is 19.5 Å². The maximum atomic E-state index is 12.9. The molecule has 0 spiro atoms. The molecule has 1 N–H and O–H groups in total. The topological polar surface area (TPSA) is 76.1 Å². The molecule has 1 fully saturated rings. The van der Waals surface area contributed by atoms with Crippen LogP contribution in [-0.2, 0) is 14.3 Å². The minimum atomic E-state index is -0.714. The van der Waals surface area contributed by atoms with Crippen molar-refractivity contribution in [1.29, 1.82) is 0 Å². The fourth-order valence-corrected chi connectivity index (χ4v) is 3.52. The minimum absolute atomic E-state index is 0.0736. The van der Waals surface area contributed by atoms with Crippen LogP contribution in [0.15, 0.2) is 72.8 Å². The second kappa shape index (κ2) is 9.89. The number of Topliss-reactive ketones (excluding diaryl/α,β-unsaturated/α-hetero) is 1. The Morgan fingerprint density at radius 3 is 2.63 bits per heavy atom. The van der Waals surface area contributed by atoms with Crippen molar-refractivity contribution in [3.05, 3.63) is 84.0 Å². The van der Waals surface area contributed by atoms with E-state index in [1.165, 1.54) is 4.90 Å². The predicted molar refractivity (Wildman–Crippen MR) is 114 cm³/mol. The zero-order valence-electron chi connectivity index (χ0n) is 16.9. The fourth-order valence-electron chi connectivity index (χ4n) is 3.52. The van der Waals surface area contributed by atoms with Crippen LogP contribution in [0.2, 0.25) is 0 Å². The number of aliphatic hydroxyl groups is 1. The summed E-state index contributed by atoms with van der Waals surface area (Å²) in [6.45, 7) is 4.76. The highest BCUT2D eigenvalue weighted by Gasteiger charge is 2.45. The van der Waals surface area contributed by atoms with E-state index in [0.717, 1.165) is 0 Å². The molecule has 6 nitrogen and oxygen atoms in total. The smallest absolute Gasteiger partial charge is 0.295 e. The number of aliphatic hydroxyl groups excluding tert-OH is 1. The lowest BCUT2D eigenvalue weighted by Crippen LogP contribution is -2.31. The van der Waals surface area contributed by atoms with Gasteiger partial charge in [0.25, 0.3) is 11.7 Å². The number of hydrogen-bond acceptors (Lipinski definition) is 5. The summed E-state index contributed by atoms with van der Waals surface area (Å²) in [5.41, 5.74) is 1.24. The molecule has 1 atom stereocenters. The summed E-state index contributed by atoms with van der Waals surface area (Å²) in [6, 6.07) is 15.2. The molecular weight excluding hydrogens is 382 g/mol. The summed E-state index contributed by atoms with van der Waals surface area (Å²) in [7, 11) is 1.58. The van der Waals surface area contributed by atoms with Gasteiger partial charge in [-0.05, 0) is 24.1 Å². The summed E-state index contributed by atoms with van der Waals surface area (Å²) in [5.74, 6) is -0.928. The molecule has 0 bridgehead atoms. The molecule has 1 aliphatic rings. The van der Waals surface area contributed by atoms with Crippen LogP contribution in [0.25, 0.3) is 5.76 Å². The maximum absolute atomic E-state index is 12.9. The Morgan fingerprint density at radius 2 is 1.93 bits per heavy atom. The van der Waals surface area contributed by atoms with Gasteiger partial charge in [0, 0.05) is 25.8 Å². The van der Waals surface area contributed by atoms with Crippen LogP contribution in [0, 0.1) is 0 Å². The van der Waals surface area contributed by atoms with Crippen LogP contribution in [0.4, 0.5) is 0 Å². The standard InChI is InChI=1S/C24H25NO5/c1-3-14-30-19-12-7-11-18(16-19)21-20(22(26)17-9-5-4-6-10-17)23(27)24(28)25(21)13-8-15-29-2/h3-7,9-12,16,21,26H,1,8,13-15H2,2H3. The zero-order valence-corrected chi connectivity index (χ0v) is 16.9. The zero-order chi connectivity index (χ0) is 21.5. The second-order valence-corrected chi connectivity index (χ2v) is 6.88. The first-order chi connectivity index (χ1) is 14.6. The highest BCUT2D eigenvalue weighted by Crippen LogP contribution is 2.40. The molecule has 2 aromatic rings. The van der Waals surface area contributed by atoms with Crippen LogP contribution < -0.4 is 4.74 Å². The molecule has 6 heteroatoms. The molecule has 3 rings (SSSR count). The van der Waals surface area contributed by atoms with Crippen molar-refractivity contribution in [1.82, 2.24) is 4.90 Å². The molecule has 156 valence electrons. The Balaban J connectivity index is 2.09. The van der Waals surface area contributed by atoms with Crippen LogP contribution in [-0.4, -0.2) is 48.6 Å². The average Bonchev–Trinajstić information content (AvgIpc) is 3.03. The quantitative estimate of drug-likeness (QED) is 0.225. The van der Waals surface area contributed by atoms with Crippen molar-refractivity contribution in [2.24, 2.45) is 0 Å². The van der Waals surface area contributed by atoms with Crippen LogP contribution in [0.5, 0.6) is 5.75 Å². The van der Waals surface area contributed by atoms with Gasteiger partial charge >= 0.3 is 0 Å². The van der Waals surface area contributed by atoms with Gasteiger partial charge in [0.2, 0.25) is 0 Å². The van der Waals surface area contributed by atoms with Gasteiger partial charge in [-0.1, -0.05) is 55.1 Å². The third kappa shape index (κ3) is 4.44. The van der Waals surface area contributed by atoms with E-state index < -0.39 is 17.7 Å². The second-order valence-electron chi connectivity index (χ2n) is 6.88. The van der Waals surface area contributed by atoms with Crippen molar-refractivity contribution in [2.75, 3.05) is 26.9 Å². The number of nitrogens with zero attached hydrogens (tertiary/aromatic N) is 1. The number of likely N-dealkylation sites (tertiary alicyclic amines) is 1. The van der Waals surface area contributed by atoms with Gasteiger partial charge in [-0.2, -0.15) is 0 Å². The normalized spacial score (nSPS) is 17.9. The number of amides is 1. The van der Waals surface area contributed by atoms with Gasteiger partial charge in [0.05, 0.1) is 11.6 Å². The molecule has 1 heterocycles. The summed E-state index contributed by atoms with van der Waals surface area (Å²) in [5, 5.41) is 11.0. The number of ketones is 1. The molecule has 1 saturated heterocycles. The molecular formula is C24H25NO5. The molecule has 1 amide bonds. The van der Waals surface area contributed by atoms with Crippen molar-refractivity contribution < 1.29 is 24.2 Å². The van der Waals surface area contributed by atoms with Gasteiger partial charge in [-0.3, -0.25) is 9.59 Å². The largest absolute Gasteiger partial charge is 0.507 e. The van der Waals surface area contributed by atoms with Gasteiger partial charge in [0.1, 0.15) is 18.1 Å². The number of methoxy groups -OCH3 is 1. The Morgan fingerprint density at radius 1 is 1.17 bits per heavy atom. The van der Waals surface area contributed by atoms with Crippen LogP contribution in [0.1, 0.15) is 23.6 Å². The number of carbonyl (C=O) groups excluding carboxylic acids is 2. The molecule has 1 aliphatic heterocycles. The summed E-state index contributed by atoms with van der Waals surface area (Å²) < 4.78 is 10.7. The highest BCUT2D eigenvalue weighted by molar-refractivity contribution is 6.46. The Labute approximate surface area is 176 Å². The van der Waals surface area contributed by atoms with Crippen LogP contribution in [0.3, 0.4) is 0 Å². The van der Waals surface area contributed by atoms with Crippen molar-refractivity contribution >= 4 is 17.4 Å². The molecule has 0 radical (unpaired) electrons. The lowest BCUT2D eigenvalue weighted by Gasteiger charge is -2.25. The molecule has 0 aliphatic carbocycles. The van der Waals surface area contributed by atoms with Crippen molar-refractivity contribution in [3.8, 4) is 5.75 Å². The Hall–Kier alpha value is -3.38. The number of benzene rings is 2. The lowest BCUT2D eigenvalue weighted by molar-refractivity contribution is -0.140. The van der Waals surface area contributed by atoms with E-state index in [9.17, 15) is 14.7 Å². The number of rotatable bonds is 9. The minimum Gasteiger partial charge on any atom is -0.507 e. The molecule has 2 aromatic carbocycles. The first-order valence-electron chi connectivity index (χ1n) is 9.75. The van der Waals surface area contributed by atoms with Gasteiger partial charge in [-0.15, -0.1) is 0 Å². The van der Waals surface area contributed by atoms with Crippen molar-refractivity contribution in [3.63, 3.8) is 0 Å². The van der Waals surface area contributed by atoms with E-state index in [2.05, 4.69) is 6.58 Å². The molecule has 0 aromatic heterocycles. The van der Waals surface area contributed by atoms with E-state index in [-0.39, 0.29) is 11.3 Å². The van der Waals surface area contributed by atoms with Gasteiger partial charge in [-0.25, -0.2) is 0 Å². The number of carbonyl (C=O) groups is 2. The molecule has 1 unspecified atom stereocenters.